The molecule has 1 unspecified atom stereocenters. The number of fused-ring (bicyclic) bond motifs is 1. The number of para-hydroxylation sites is 1. The Labute approximate surface area is 176 Å². The third-order valence-corrected chi connectivity index (χ3v) is 5.68. The van der Waals surface area contributed by atoms with Crippen molar-refractivity contribution < 1.29 is 34.7 Å². The van der Waals surface area contributed by atoms with Crippen LogP contribution in [0.5, 0.6) is 5.75 Å². The third kappa shape index (κ3) is 5.92. The van der Waals surface area contributed by atoms with E-state index in [1.165, 1.54) is 0 Å². The summed E-state index contributed by atoms with van der Waals surface area (Å²) in [5.74, 6) is -0.596. The van der Waals surface area contributed by atoms with Crippen LogP contribution in [-0.4, -0.2) is 51.0 Å². The van der Waals surface area contributed by atoms with E-state index in [0.717, 1.165) is 5.56 Å². The summed E-state index contributed by atoms with van der Waals surface area (Å²) in [6.45, 7) is 0.353. The highest BCUT2D eigenvalue weighted by molar-refractivity contribution is 5.66. The van der Waals surface area contributed by atoms with Crippen LogP contribution < -0.4 is 4.74 Å². The Morgan fingerprint density at radius 1 is 1.20 bits per heavy atom. The Kier molecular flexibility index (Phi) is 8.04. The van der Waals surface area contributed by atoms with Crippen molar-refractivity contribution in [2.45, 2.75) is 63.3 Å². The van der Waals surface area contributed by atoms with Gasteiger partial charge in [-0.1, -0.05) is 42.5 Å². The first-order valence-corrected chi connectivity index (χ1v) is 10.4. The van der Waals surface area contributed by atoms with Crippen molar-refractivity contribution in [3.05, 3.63) is 54.1 Å². The molecular formula is C23H30O7. The second-order valence-electron chi connectivity index (χ2n) is 7.89. The molecule has 0 bridgehead atoms. The Morgan fingerprint density at radius 2 is 2.00 bits per heavy atom. The van der Waals surface area contributed by atoms with E-state index in [9.17, 15) is 20.1 Å². The van der Waals surface area contributed by atoms with Crippen LogP contribution in [0, 0.1) is 11.8 Å². The van der Waals surface area contributed by atoms with Gasteiger partial charge in [0.2, 0.25) is 6.29 Å². The van der Waals surface area contributed by atoms with Gasteiger partial charge in [-0.3, -0.25) is 4.79 Å². The standard InChI is InChI=1S/C23H30O7/c24-18(23-29-14-15-7-5-6-9-21(15)30-23)12-11-17-16(19(25)13-20(17)26)8-3-1-2-4-10-22(27)28/h1,3,5-7,9,11-12,16-20,23-26H,2,4,8,10,13-14H2,(H,27,28)/b3-1-,12-11+/t16-,17-,18-,19+,20-,23?/m1/s1. The van der Waals surface area contributed by atoms with Crippen molar-refractivity contribution in [1.29, 1.82) is 0 Å². The zero-order valence-electron chi connectivity index (χ0n) is 16.8. The quantitative estimate of drug-likeness (QED) is 0.359. The van der Waals surface area contributed by atoms with Crippen LogP contribution >= 0.6 is 0 Å². The maximum atomic E-state index is 10.5. The molecule has 0 saturated heterocycles. The van der Waals surface area contributed by atoms with Gasteiger partial charge >= 0.3 is 5.97 Å². The summed E-state index contributed by atoms with van der Waals surface area (Å²) in [6, 6.07) is 7.50. The SMILES string of the molecule is O=C(O)CCC/C=C\C[C@@H]1[C@@H](/C=C/[C@@H](O)C2OCc3ccccc3O2)[C@H](O)C[C@@H]1O. The van der Waals surface area contributed by atoms with Crippen molar-refractivity contribution in [1.82, 2.24) is 0 Å². The van der Waals surface area contributed by atoms with Gasteiger partial charge in [0.15, 0.2) is 0 Å². The smallest absolute Gasteiger partial charge is 0.303 e. The van der Waals surface area contributed by atoms with E-state index in [0.29, 0.717) is 31.6 Å². The second kappa shape index (κ2) is 10.7. The summed E-state index contributed by atoms with van der Waals surface area (Å²) in [6.07, 6.45) is 6.20. The Morgan fingerprint density at radius 3 is 2.80 bits per heavy atom. The maximum absolute atomic E-state index is 10.5. The largest absolute Gasteiger partial charge is 0.481 e. The molecule has 1 aliphatic carbocycles. The summed E-state index contributed by atoms with van der Waals surface area (Å²) in [5.41, 5.74) is 0.925. The van der Waals surface area contributed by atoms with E-state index in [4.69, 9.17) is 14.6 Å². The first-order chi connectivity index (χ1) is 14.5. The first kappa shape index (κ1) is 22.5. The van der Waals surface area contributed by atoms with Crippen LogP contribution in [0.4, 0.5) is 0 Å². The van der Waals surface area contributed by atoms with Crippen LogP contribution in [-0.2, 0) is 16.1 Å². The zero-order chi connectivity index (χ0) is 21.5. The van der Waals surface area contributed by atoms with Gasteiger partial charge in [-0.05, 0) is 31.2 Å². The lowest BCUT2D eigenvalue weighted by Crippen LogP contribution is -2.36. The van der Waals surface area contributed by atoms with E-state index >= 15 is 0 Å². The van der Waals surface area contributed by atoms with Crippen LogP contribution in [0.25, 0.3) is 0 Å². The molecule has 7 nitrogen and oxygen atoms in total. The third-order valence-electron chi connectivity index (χ3n) is 5.68. The average Bonchev–Trinajstić information content (AvgIpc) is 3.00. The van der Waals surface area contributed by atoms with Crippen molar-refractivity contribution in [3.63, 3.8) is 0 Å². The van der Waals surface area contributed by atoms with Crippen LogP contribution in [0.2, 0.25) is 0 Å². The molecular weight excluding hydrogens is 388 g/mol. The van der Waals surface area contributed by atoms with Gasteiger partial charge < -0.3 is 29.9 Å². The highest BCUT2D eigenvalue weighted by Crippen LogP contribution is 2.36. The van der Waals surface area contributed by atoms with Gasteiger partial charge in [0.25, 0.3) is 0 Å². The highest BCUT2D eigenvalue weighted by atomic mass is 16.7. The van der Waals surface area contributed by atoms with Crippen molar-refractivity contribution in [2.24, 2.45) is 11.8 Å². The molecule has 6 atom stereocenters. The van der Waals surface area contributed by atoms with Gasteiger partial charge in [-0.25, -0.2) is 0 Å². The van der Waals surface area contributed by atoms with Crippen molar-refractivity contribution in [2.75, 3.05) is 0 Å². The number of aliphatic carboxylic acids is 1. The predicted octanol–water partition coefficient (Wildman–Crippen LogP) is 2.40. The number of aliphatic hydroxyl groups is 3. The van der Waals surface area contributed by atoms with Crippen molar-refractivity contribution in [3.8, 4) is 5.75 Å². The minimum atomic E-state index is -1.00. The molecule has 1 fully saturated rings. The Bertz CT molecular complexity index is 760. The van der Waals surface area contributed by atoms with E-state index in [2.05, 4.69) is 0 Å². The molecule has 1 saturated carbocycles. The number of aliphatic hydroxyl groups excluding tert-OH is 3. The fraction of sp³-hybridized carbons (Fsp3) is 0.522. The lowest BCUT2D eigenvalue weighted by atomic mass is 9.89. The number of hydrogen-bond acceptors (Lipinski definition) is 6. The average molecular weight is 418 g/mol. The van der Waals surface area contributed by atoms with E-state index in [-0.39, 0.29) is 24.7 Å². The summed E-state index contributed by atoms with van der Waals surface area (Å²) in [5, 5.41) is 39.8. The molecule has 1 aromatic rings. The Balaban J connectivity index is 1.54. The summed E-state index contributed by atoms with van der Waals surface area (Å²) in [7, 11) is 0. The fourth-order valence-corrected chi connectivity index (χ4v) is 4.02. The molecule has 0 spiro atoms. The number of hydrogen-bond donors (Lipinski definition) is 4. The topological polar surface area (TPSA) is 116 Å². The molecule has 0 radical (unpaired) electrons. The minimum absolute atomic E-state index is 0.133. The molecule has 30 heavy (non-hydrogen) atoms. The molecule has 164 valence electrons. The minimum Gasteiger partial charge on any atom is -0.481 e. The molecule has 0 aromatic heterocycles. The number of ether oxygens (including phenoxy) is 2. The van der Waals surface area contributed by atoms with Crippen LogP contribution in [0.15, 0.2) is 48.6 Å². The molecule has 1 aliphatic heterocycles. The normalized spacial score (nSPS) is 29.8. The number of carboxylic acid groups (broad SMARTS) is 1. The molecule has 2 aliphatic rings. The number of rotatable bonds is 9. The molecule has 3 rings (SSSR count). The first-order valence-electron chi connectivity index (χ1n) is 10.4. The summed E-state index contributed by atoms with van der Waals surface area (Å²) in [4.78, 5) is 10.5. The summed E-state index contributed by atoms with van der Waals surface area (Å²) >= 11 is 0. The lowest BCUT2D eigenvalue weighted by Gasteiger charge is -2.28. The Hall–Kier alpha value is -2.19. The second-order valence-corrected chi connectivity index (χ2v) is 7.89. The predicted molar refractivity (Wildman–Crippen MR) is 110 cm³/mol. The number of unbranched alkanes of at least 4 members (excludes halogenated alkanes) is 1. The van der Waals surface area contributed by atoms with E-state index in [1.807, 2.05) is 36.4 Å². The summed E-state index contributed by atoms with van der Waals surface area (Å²) < 4.78 is 11.3. The molecule has 4 N–H and O–H groups in total. The van der Waals surface area contributed by atoms with Gasteiger partial charge in [0.1, 0.15) is 11.9 Å². The van der Waals surface area contributed by atoms with Gasteiger partial charge in [0.05, 0.1) is 18.8 Å². The van der Waals surface area contributed by atoms with Gasteiger partial charge in [-0.15, -0.1) is 0 Å². The van der Waals surface area contributed by atoms with Gasteiger partial charge in [-0.2, -0.15) is 0 Å². The van der Waals surface area contributed by atoms with E-state index in [1.54, 1.807) is 12.2 Å². The number of allylic oxidation sites excluding steroid dienone is 2. The zero-order valence-corrected chi connectivity index (χ0v) is 16.8. The molecule has 0 amide bonds. The fourth-order valence-electron chi connectivity index (χ4n) is 4.02. The van der Waals surface area contributed by atoms with Crippen LogP contribution in [0.1, 0.15) is 37.7 Å². The maximum Gasteiger partial charge on any atom is 0.303 e. The number of carbonyl (C=O) groups is 1. The number of carboxylic acids is 1. The molecule has 1 aromatic carbocycles. The van der Waals surface area contributed by atoms with Crippen LogP contribution in [0.3, 0.4) is 0 Å². The highest BCUT2D eigenvalue weighted by Gasteiger charge is 2.39. The lowest BCUT2D eigenvalue weighted by molar-refractivity contribution is -0.152. The van der Waals surface area contributed by atoms with Gasteiger partial charge in [0, 0.05) is 24.3 Å². The van der Waals surface area contributed by atoms with Crippen molar-refractivity contribution >= 4 is 5.97 Å². The number of benzene rings is 1. The molecule has 7 heteroatoms. The monoisotopic (exact) mass is 418 g/mol. The molecule has 1 heterocycles. The van der Waals surface area contributed by atoms with E-state index < -0.39 is 30.6 Å².